The molecule has 4 fully saturated rings. The molecule has 2 nitrogen and oxygen atoms in total. The highest BCUT2D eigenvalue weighted by Gasteiger charge is 2.61. The van der Waals surface area contributed by atoms with Gasteiger partial charge in [0.15, 0.2) is 0 Å². The van der Waals surface area contributed by atoms with E-state index in [1.54, 1.807) is 11.1 Å². The van der Waals surface area contributed by atoms with Crippen LogP contribution in [0.2, 0.25) is 0 Å². The fourth-order valence-electron chi connectivity index (χ4n) is 14.3. The molecule has 1 spiro atoms. The standard InChI is InChI=1S/C59H47NO/c1-58(2)50-17-7-5-14-46(50)48-16-9-15-43(56(48)58)38-21-24-41(25-22-38)60(53-19-10-20-54-55(53)49-27-23-37-11-3-4-12-44(37)57(49)61-54)42-26-28-47-45-13-6-8-18-51(45)59(52(47)34-42)39-30-35-29-36(32-39)33-40(59)31-35/h3-28,34-36,39-40H,29-33H2,1-2H3. The summed E-state index contributed by atoms with van der Waals surface area (Å²) in [6.45, 7) is 4.78. The average molecular weight is 786 g/mol. The van der Waals surface area contributed by atoms with Gasteiger partial charge in [-0.2, -0.15) is 0 Å². The second-order valence-electron chi connectivity index (χ2n) is 19.6. The molecule has 0 aliphatic heterocycles. The van der Waals surface area contributed by atoms with Gasteiger partial charge in [-0.15, -0.1) is 0 Å². The van der Waals surface area contributed by atoms with Crippen molar-refractivity contribution >= 4 is 49.8 Å². The topological polar surface area (TPSA) is 16.4 Å². The van der Waals surface area contributed by atoms with Gasteiger partial charge in [0.1, 0.15) is 11.2 Å². The van der Waals surface area contributed by atoms with Crippen LogP contribution in [0.5, 0.6) is 0 Å². The van der Waals surface area contributed by atoms with Crippen molar-refractivity contribution in [1.82, 2.24) is 0 Å². The van der Waals surface area contributed by atoms with Gasteiger partial charge in [0.25, 0.3) is 0 Å². The van der Waals surface area contributed by atoms with Crippen LogP contribution in [0.4, 0.5) is 17.1 Å². The van der Waals surface area contributed by atoms with E-state index in [9.17, 15) is 0 Å². The van der Waals surface area contributed by atoms with Gasteiger partial charge < -0.3 is 9.32 Å². The number of hydrogen-bond donors (Lipinski definition) is 0. The first-order valence-electron chi connectivity index (χ1n) is 22.7. The molecule has 8 aromatic carbocycles. The van der Waals surface area contributed by atoms with Crippen LogP contribution in [0, 0.1) is 23.7 Å². The highest BCUT2D eigenvalue weighted by Crippen LogP contribution is 2.69. The zero-order valence-electron chi connectivity index (χ0n) is 34.8. The molecular formula is C59H47NO. The van der Waals surface area contributed by atoms with Crippen LogP contribution in [0.1, 0.15) is 68.2 Å². The predicted octanol–water partition coefficient (Wildman–Crippen LogP) is 15.9. The number of anilines is 3. The van der Waals surface area contributed by atoms with Crippen LogP contribution in [0.15, 0.2) is 168 Å². The maximum Gasteiger partial charge on any atom is 0.143 e. The van der Waals surface area contributed by atoms with Gasteiger partial charge >= 0.3 is 0 Å². The summed E-state index contributed by atoms with van der Waals surface area (Å²) < 4.78 is 6.84. The van der Waals surface area contributed by atoms with Crippen LogP contribution in [-0.4, -0.2) is 0 Å². The predicted molar refractivity (Wildman–Crippen MR) is 252 cm³/mol. The van der Waals surface area contributed by atoms with E-state index in [0.717, 1.165) is 50.5 Å². The summed E-state index contributed by atoms with van der Waals surface area (Å²) in [6, 6.07) is 62.0. The molecule has 0 N–H and O–H groups in total. The molecule has 9 aromatic rings. The largest absolute Gasteiger partial charge is 0.455 e. The Bertz CT molecular complexity index is 3280. The normalized spacial score (nSPS) is 23.4. The van der Waals surface area contributed by atoms with Crippen molar-refractivity contribution in [2.45, 2.75) is 56.8 Å². The van der Waals surface area contributed by atoms with Gasteiger partial charge in [-0.1, -0.05) is 135 Å². The maximum atomic E-state index is 6.84. The second-order valence-corrected chi connectivity index (χ2v) is 19.6. The third-order valence-corrected chi connectivity index (χ3v) is 16.4. The summed E-state index contributed by atoms with van der Waals surface area (Å²) in [5, 5.41) is 4.65. The zero-order chi connectivity index (χ0) is 40.2. The third kappa shape index (κ3) is 4.48. The molecule has 1 heterocycles. The van der Waals surface area contributed by atoms with Crippen LogP contribution >= 0.6 is 0 Å². The van der Waals surface area contributed by atoms with Crippen LogP contribution in [-0.2, 0) is 10.8 Å². The van der Waals surface area contributed by atoms with E-state index in [1.807, 2.05) is 0 Å². The quantitative estimate of drug-likeness (QED) is 0.177. The van der Waals surface area contributed by atoms with Crippen molar-refractivity contribution < 1.29 is 4.42 Å². The van der Waals surface area contributed by atoms with Crippen molar-refractivity contribution in [2.24, 2.45) is 23.7 Å². The second kappa shape index (κ2) is 12.1. The molecular weight excluding hydrogens is 739 g/mol. The smallest absolute Gasteiger partial charge is 0.143 e. The number of fused-ring (bicyclic) bond motifs is 11. The van der Waals surface area contributed by atoms with Crippen molar-refractivity contribution in [1.29, 1.82) is 0 Å². The van der Waals surface area contributed by atoms with E-state index in [1.165, 1.54) is 87.7 Å². The van der Waals surface area contributed by atoms with Crippen LogP contribution < -0.4 is 4.90 Å². The molecule has 0 amide bonds. The molecule has 61 heavy (non-hydrogen) atoms. The van der Waals surface area contributed by atoms with E-state index in [4.69, 9.17) is 4.42 Å². The zero-order valence-corrected chi connectivity index (χ0v) is 34.8. The summed E-state index contributed by atoms with van der Waals surface area (Å²) >= 11 is 0. The van der Waals surface area contributed by atoms with E-state index < -0.39 is 0 Å². The molecule has 0 unspecified atom stereocenters. The summed E-state index contributed by atoms with van der Waals surface area (Å²) in [6.07, 6.45) is 6.94. The summed E-state index contributed by atoms with van der Waals surface area (Å²) in [5.74, 6) is 3.20. The highest BCUT2D eigenvalue weighted by molar-refractivity contribution is 6.19. The fourth-order valence-corrected chi connectivity index (χ4v) is 14.3. The van der Waals surface area contributed by atoms with Crippen molar-refractivity contribution in [3.63, 3.8) is 0 Å². The Morgan fingerprint density at radius 2 is 1.13 bits per heavy atom. The number of nitrogens with zero attached hydrogens (tertiary/aromatic N) is 1. The van der Waals surface area contributed by atoms with E-state index in [2.05, 4.69) is 183 Å². The van der Waals surface area contributed by atoms with E-state index in [-0.39, 0.29) is 10.8 Å². The summed E-state index contributed by atoms with van der Waals surface area (Å²) in [5.41, 5.74) is 19.5. The lowest BCUT2D eigenvalue weighted by atomic mass is 9.43. The molecule has 0 atom stereocenters. The Morgan fingerprint density at radius 3 is 1.93 bits per heavy atom. The molecule has 4 bridgehead atoms. The lowest BCUT2D eigenvalue weighted by Crippen LogP contribution is -2.55. The van der Waals surface area contributed by atoms with Gasteiger partial charge in [-0.05, 0) is 159 Å². The van der Waals surface area contributed by atoms with Gasteiger partial charge in [0, 0.05) is 33.0 Å². The molecule has 4 saturated carbocycles. The Labute approximate surface area is 357 Å². The first-order chi connectivity index (χ1) is 30.0. The summed E-state index contributed by atoms with van der Waals surface area (Å²) in [7, 11) is 0. The lowest BCUT2D eigenvalue weighted by Gasteiger charge is -2.61. The Morgan fingerprint density at radius 1 is 0.492 bits per heavy atom. The monoisotopic (exact) mass is 785 g/mol. The van der Waals surface area contributed by atoms with Crippen molar-refractivity contribution in [3.8, 4) is 33.4 Å². The van der Waals surface area contributed by atoms with Crippen LogP contribution in [0.25, 0.3) is 66.1 Å². The fraction of sp³-hybridized carbons (Fsp3) is 0.220. The summed E-state index contributed by atoms with van der Waals surface area (Å²) in [4.78, 5) is 2.54. The van der Waals surface area contributed by atoms with Gasteiger partial charge in [-0.3, -0.25) is 0 Å². The minimum absolute atomic E-state index is 0.0796. The van der Waals surface area contributed by atoms with Crippen molar-refractivity contribution in [3.05, 3.63) is 186 Å². The highest BCUT2D eigenvalue weighted by atomic mass is 16.3. The number of benzene rings is 8. The molecule has 6 aliphatic carbocycles. The molecule has 2 heteroatoms. The Hall–Kier alpha value is -6.38. The van der Waals surface area contributed by atoms with Gasteiger partial charge in [-0.25, -0.2) is 0 Å². The minimum Gasteiger partial charge on any atom is -0.455 e. The van der Waals surface area contributed by atoms with Gasteiger partial charge in [0.05, 0.1) is 11.1 Å². The molecule has 15 rings (SSSR count). The third-order valence-electron chi connectivity index (χ3n) is 16.4. The number of furan rings is 1. The first kappa shape index (κ1) is 34.3. The molecule has 0 saturated heterocycles. The van der Waals surface area contributed by atoms with E-state index in [0.29, 0.717) is 11.8 Å². The van der Waals surface area contributed by atoms with Gasteiger partial charge in [0.2, 0.25) is 0 Å². The number of rotatable bonds is 4. The average Bonchev–Trinajstić information content (AvgIpc) is 3.90. The molecule has 0 radical (unpaired) electrons. The molecule has 294 valence electrons. The van der Waals surface area contributed by atoms with E-state index >= 15 is 0 Å². The van der Waals surface area contributed by atoms with Crippen molar-refractivity contribution in [2.75, 3.05) is 4.90 Å². The Balaban J connectivity index is 0.984. The molecule has 1 aromatic heterocycles. The lowest BCUT2D eigenvalue weighted by molar-refractivity contribution is -0.0399. The number of hydrogen-bond acceptors (Lipinski definition) is 2. The van der Waals surface area contributed by atoms with Crippen LogP contribution in [0.3, 0.4) is 0 Å². The first-order valence-corrected chi connectivity index (χ1v) is 22.7. The maximum absolute atomic E-state index is 6.84. The SMILES string of the molecule is CC1(C)c2ccccc2-c2cccc(-c3ccc(N(c4ccc5c(c4)C4(c6ccccc6-5)C5CC6CC(C5)CC4C6)c4cccc5oc6c7ccccc7ccc6c45)cc3)c21. The minimum atomic E-state index is -0.0920. The Kier molecular flexibility index (Phi) is 6.83. The molecule has 6 aliphatic rings.